The molecular weight excluding hydrogens is 358 g/mol. The van der Waals surface area contributed by atoms with Crippen LogP contribution < -0.4 is 25.8 Å². The van der Waals surface area contributed by atoms with Crippen LogP contribution in [0.3, 0.4) is 0 Å². The normalized spacial score (nSPS) is 16.3. The largest absolute Gasteiger partial charge is 0.495 e. The molecule has 1 atom stereocenters. The molecule has 3 rings (SSSR count). The van der Waals surface area contributed by atoms with Gasteiger partial charge in [0.1, 0.15) is 23.5 Å². The Hall–Kier alpha value is -2.45. The summed E-state index contributed by atoms with van der Waals surface area (Å²) in [5.41, 5.74) is 7.23. The zero-order chi connectivity index (χ0) is 18.5. The fraction of sp³-hybridized carbons (Fsp3) is 0.412. The predicted molar refractivity (Wildman–Crippen MR) is 102 cm³/mol. The van der Waals surface area contributed by atoms with Crippen LogP contribution >= 0.6 is 11.6 Å². The van der Waals surface area contributed by atoms with Crippen LogP contribution in [0.4, 0.5) is 23.0 Å². The third-order valence-corrected chi connectivity index (χ3v) is 4.43. The van der Waals surface area contributed by atoms with Crippen LogP contribution in [0.5, 0.6) is 11.5 Å². The smallest absolute Gasteiger partial charge is 0.159 e. The first-order valence-corrected chi connectivity index (χ1v) is 8.64. The molecule has 8 nitrogen and oxygen atoms in total. The Balaban J connectivity index is 1.79. The molecule has 0 saturated carbocycles. The van der Waals surface area contributed by atoms with Crippen molar-refractivity contribution in [3.63, 3.8) is 0 Å². The lowest BCUT2D eigenvalue weighted by Crippen LogP contribution is -2.20. The second kappa shape index (κ2) is 8.29. The number of aromatic nitrogens is 2. The topological polar surface area (TPSA) is 104 Å². The van der Waals surface area contributed by atoms with Crippen molar-refractivity contribution in [1.82, 2.24) is 9.97 Å². The molecule has 1 aromatic carbocycles. The van der Waals surface area contributed by atoms with Crippen molar-refractivity contribution in [3.05, 3.63) is 23.5 Å². The molecule has 0 radical (unpaired) electrons. The highest BCUT2D eigenvalue weighted by Crippen LogP contribution is 2.38. The maximum Gasteiger partial charge on any atom is 0.159 e. The van der Waals surface area contributed by atoms with Crippen LogP contribution in [-0.2, 0) is 4.74 Å². The fourth-order valence-corrected chi connectivity index (χ4v) is 2.98. The van der Waals surface area contributed by atoms with Gasteiger partial charge in [0.15, 0.2) is 11.6 Å². The number of rotatable bonds is 7. The Morgan fingerprint density at radius 1 is 1.23 bits per heavy atom. The van der Waals surface area contributed by atoms with Crippen LogP contribution in [0.1, 0.15) is 12.8 Å². The summed E-state index contributed by atoms with van der Waals surface area (Å²) >= 11 is 6.21. The lowest BCUT2D eigenvalue weighted by Gasteiger charge is -2.16. The van der Waals surface area contributed by atoms with E-state index in [9.17, 15) is 0 Å². The van der Waals surface area contributed by atoms with Crippen molar-refractivity contribution in [2.45, 2.75) is 18.9 Å². The monoisotopic (exact) mass is 379 g/mol. The van der Waals surface area contributed by atoms with Gasteiger partial charge < -0.3 is 30.6 Å². The van der Waals surface area contributed by atoms with E-state index in [1.54, 1.807) is 26.4 Å². The standard InChI is InChI=1S/C17H22ClN5O3/c1-24-13-7-14(25-2)12(6-11(13)18)23-17-15(19)16(21-9-22-17)20-8-10-4-3-5-26-10/h6-7,9-10H,3-5,8,19H2,1-2H3,(H2,20,21,22,23). The number of benzene rings is 1. The van der Waals surface area contributed by atoms with E-state index in [4.69, 9.17) is 31.5 Å². The second-order valence-corrected chi connectivity index (χ2v) is 6.22. The highest BCUT2D eigenvalue weighted by atomic mass is 35.5. The number of nitrogens with one attached hydrogen (secondary N) is 2. The molecule has 0 amide bonds. The van der Waals surface area contributed by atoms with E-state index in [1.807, 2.05) is 0 Å². The van der Waals surface area contributed by atoms with Crippen molar-refractivity contribution < 1.29 is 14.2 Å². The molecule has 0 aliphatic carbocycles. The molecule has 9 heteroatoms. The molecule has 1 aromatic heterocycles. The van der Waals surface area contributed by atoms with Gasteiger partial charge in [0.05, 0.1) is 31.0 Å². The van der Waals surface area contributed by atoms with Crippen LogP contribution in [-0.4, -0.2) is 43.4 Å². The minimum absolute atomic E-state index is 0.182. The number of anilines is 4. The second-order valence-electron chi connectivity index (χ2n) is 5.81. The van der Waals surface area contributed by atoms with Crippen LogP contribution in [0, 0.1) is 0 Å². The number of nitrogens with two attached hydrogens (primary N) is 1. The molecule has 2 aromatic rings. The number of nitrogen functional groups attached to an aromatic ring is 1. The van der Waals surface area contributed by atoms with Crippen molar-refractivity contribution in [1.29, 1.82) is 0 Å². The Kier molecular flexibility index (Phi) is 5.85. The van der Waals surface area contributed by atoms with Gasteiger partial charge in [-0.2, -0.15) is 0 Å². The zero-order valence-electron chi connectivity index (χ0n) is 14.7. The summed E-state index contributed by atoms with van der Waals surface area (Å²) in [6.45, 7) is 1.45. The average Bonchev–Trinajstić information content (AvgIpc) is 3.16. The van der Waals surface area contributed by atoms with Crippen LogP contribution in [0.15, 0.2) is 18.5 Å². The molecule has 1 aliphatic rings. The summed E-state index contributed by atoms with van der Waals surface area (Å²) in [6, 6.07) is 3.39. The number of halogens is 1. The molecule has 4 N–H and O–H groups in total. The molecule has 0 bridgehead atoms. The third-order valence-electron chi connectivity index (χ3n) is 4.13. The van der Waals surface area contributed by atoms with E-state index in [1.165, 1.54) is 6.33 Å². The Morgan fingerprint density at radius 3 is 2.69 bits per heavy atom. The van der Waals surface area contributed by atoms with E-state index in [0.717, 1.165) is 19.4 Å². The molecule has 1 aliphatic heterocycles. The van der Waals surface area contributed by atoms with Gasteiger partial charge in [-0.1, -0.05) is 11.6 Å². The number of hydrogen-bond donors (Lipinski definition) is 3. The lowest BCUT2D eigenvalue weighted by molar-refractivity contribution is 0.120. The fourth-order valence-electron chi connectivity index (χ4n) is 2.74. The first-order valence-electron chi connectivity index (χ1n) is 8.27. The van der Waals surface area contributed by atoms with Crippen molar-refractivity contribution in [3.8, 4) is 11.5 Å². The van der Waals surface area contributed by atoms with E-state index < -0.39 is 0 Å². The molecule has 1 unspecified atom stereocenters. The van der Waals surface area contributed by atoms with Gasteiger partial charge in [-0.05, 0) is 18.9 Å². The minimum atomic E-state index is 0.182. The predicted octanol–water partition coefficient (Wildman–Crippen LogP) is 3.06. The van der Waals surface area contributed by atoms with Gasteiger partial charge in [0, 0.05) is 19.2 Å². The van der Waals surface area contributed by atoms with E-state index in [-0.39, 0.29) is 6.10 Å². The first kappa shape index (κ1) is 18.3. The zero-order valence-corrected chi connectivity index (χ0v) is 15.5. The quantitative estimate of drug-likeness (QED) is 0.674. The van der Waals surface area contributed by atoms with Crippen molar-refractivity contribution in [2.24, 2.45) is 0 Å². The van der Waals surface area contributed by atoms with Gasteiger partial charge in [-0.25, -0.2) is 9.97 Å². The van der Waals surface area contributed by atoms with Gasteiger partial charge in [-0.15, -0.1) is 0 Å². The van der Waals surface area contributed by atoms with E-state index in [0.29, 0.717) is 46.1 Å². The van der Waals surface area contributed by atoms with Crippen molar-refractivity contribution in [2.75, 3.05) is 43.7 Å². The molecule has 0 spiro atoms. The number of ether oxygens (including phenoxy) is 3. The molecule has 140 valence electrons. The summed E-state index contributed by atoms with van der Waals surface area (Å²) in [5, 5.41) is 6.81. The number of hydrogen-bond acceptors (Lipinski definition) is 8. The van der Waals surface area contributed by atoms with Crippen LogP contribution in [0.25, 0.3) is 0 Å². The maximum absolute atomic E-state index is 6.21. The molecular formula is C17H22ClN5O3. The van der Waals surface area contributed by atoms with Crippen molar-refractivity contribution >= 4 is 34.6 Å². The number of nitrogens with zero attached hydrogens (tertiary/aromatic N) is 2. The maximum atomic E-state index is 6.21. The highest BCUT2D eigenvalue weighted by Gasteiger charge is 2.17. The third kappa shape index (κ3) is 4.03. The molecule has 1 fully saturated rings. The Morgan fingerprint density at radius 2 is 2.00 bits per heavy atom. The molecule has 26 heavy (non-hydrogen) atoms. The summed E-state index contributed by atoms with van der Waals surface area (Å²) in [7, 11) is 3.11. The molecule has 2 heterocycles. The van der Waals surface area contributed by atoms with Gasteiger partial charge in [0.25, 0.3) is 0 Å². The molecule has 1 saturated heterocycles. The minimum Gasteiger partial charge on any atom is -0.495 e. The van der Waals surface area contributed by atoms with Gasteiger partial charge >= 0.3 is 0 Å². The van der Waals surface area contributed by atoms with Gasteiger partial charge in [-0.3, -0.25) is 0 Å². The van der Waals surface area contributed by atoms with Gasteiger partial charge in [0.2, 0.25) is 0 Å². The lowest BCUT2D eigenvalue weighted by atomic mass is 10.2. The number of methoxy groups -OCH3 is 2. The Labute approximate surface area is 157 Å². The Bertz CT molecular complexity index is 768. The van der Waals surface area contributed by atoms with Crippen LogP contribution in [0.2, 0.25) is 5.02 Å². The summed E-state index contributed by atoms with van der Waals surface area (Å²) in [4.78, 5) is 8.42. The summed E-state index contributed by atoms with van der Waals surface area (Å²) < 4.78 is 16.2. The SMILES string of the molecule is COc1cc(OC)c(Nc2ncnc(NCC3CCCO3)c2N)cc1Cl. The first-order chi connectivity index (χ1) is 12.6. The van der Waals surface area contributed by atoms with E-state index in [2.05, 4.69) is 20.6 Å². The average molecular weight is 380 g/mol. The highest BCUT2D eigenvalue weighted by molar-refractivity contribution is 6.32. The van der Waals surface area contributed by atoms with E-state index >= 15 is 0 Å². The summed E-state index contributed by atoms with van der Waals surface area (Å²) in [6.07, 6.45) is 3.73. The summed E-state index contributed by atoms with van der Waals surface area (Å²) in [5.74, 6) is 2.08.